The molecular weight excluding hydrogens is 394 g/mol. The largest absolute Gasteiger partial charge is 0.481 e. The number of rotatable bonds is 5. The third kappa shape index (κ3) is 4.29. The van der Waals surface area contributed by atoms with Crippen LogP contribution in [-0.4, -0.2) is 26.8 Å². The Labute approximate surface area is 172 Å². The molecular formula is C21H18ClN3O2S. The molecule has 4 rings (SSSR count). The minimum absolute atomic E-state index is 0.0136. The van der Waals surface area contributed by atoms with Gasteiger partial charge in [0, 0.05) is 16.3 Å². The Hall–Kier alpha value is -2.57. The monoisotopic (exact) mass is 411 g/mol. The van der Waals surface area contributed by atoms with E-state index in [1.165, 1.54) is 0 Å². The first-order chi connectivity index (χ1) is 13.6. The van der Waals surface area contributed by atoms with Crippen LogP contribution < -0.4 is 5.32 Å². The van der Waals surface area contributed by atoms with Gasteiger partial charge in [-0.2, -0.15) is 0 Å². The van der Waals surface area contributed by atoms with Crippen molar-refractivity contribution in [2.75, 3.05) is 11.1 Å². The summed E-state index contributed by atoms with van der Waals surface area (Å²) in [6.45, 7) is 0. The summed E-state index contributed by atoms with van der Waals surface area (Å²) < 4.78 is 0. The summed E-state index contributed by atoms with van der Waals surface area (Å²) in [5, 5.41) is 13.0. The van der Waals surface area contributed by atoms with Gasteiger partial charge in [0.2, 0.25) is 0 Å². The highest BCUT2D eigenvalue weighted by atomic mass is 35.5. The highest BCUT2D eigenvalue weighted by Gasteiger charge is 2.19. The molecule has 0 spiro atoms. The summed E-state index contributed by atoms with van der Waals surface area (Å²) in [6.07, 6.45) is 2.04. The number of aryl methyl sites for hydroxylation is 1. The van der Waals surface area contributed by atoms with E-state index in [0.29, 0.717) is 10.8 Å². The van der Waals surface area contributed by atoms with E-state index in [1.54, 1.807) is 11.8 Å². The number of carboxylic acid groups (broad SMARTS) is 1. The standard InChI is InChI=1S/C21H18ClN3O2S/c22-15-7-5-14(6-8-15)20-24-17-2-1-11-28-19(17)21(25-20)23-16-9-3-13(4-10-16)12-18(26)27/h3-10H,1-2,11-12H2,(H,26,27)(H,23,24,25). The smallest absolute Gasteiger partial charge is 0.307 e. The molecule has 1 aliphatic heterocycles. The average Bonchev–Trinajstić information content (AvgIpc) is 2.69. The van der Waals surface area contributed by atoms with Gasteiger partial charge in [0.25, 0.3) is 0 Å². The van der Waals surface area contributed by atoms with Gasteiger partial charge in [-0.05, 0) is 60.6 Å². The molecule has 142 valence electrons. The quantitative estimate of drug-likeness (QED) is 0.600. The van der Waals surface area contributed by atoms with Crippen LogP contribution in [0.5, 0.6) is 0 Å². The molecule has 2 N–H and O–H groups in total. The zero-order valence-corrected chi connectivity index (χ0v) is 16.6. The van der Waals surface area contributed by atoms with Gasteiger partial charge in [-0.3, -0.25) is 4.79 Å². The molecule has 0 fully saturated rings. The summed E-state index contributed by atoms with van der Waals surface area (Å²) in [6, 6.07) is 14.9. The SMILES string of the molecule is O=C(O)Cc1ccc(Nc2nc(-c3ccc(Cl)cc3)nc3c2SCCC3)cc1. The molecule has 1 aliphatic rings. The number of carboxylic acids is 1. The van der Waals surface area contributed by atoms with Crippen LogP contribution in [0.15, 0.2) is 53.4 Å². The fourth-order valence-corrected chi connectivity index (χ4v) is 4.23. The van der Waals surface area contributed by atoms with Crippen LogP contribution in [0.25, 0.3) is 11.4 Å². The second kappa shape index (κ2) is 8.20. The number of nitrogens with zero attached hydrogens (tertiary/aromatic N) is 2. The highest BCUT2D eigenvalue weighted by Crippen LogP contribution is 2.37. The first-order valence-corrected chi connectivity index (χ1v) is 10.3. The van der Waals surface area contributed by atoms with Crippen LogP contribution in [0.4, 0.5) is 11.5 Å². The number of benzene rings is 2. The summed E-state index contributed by atoms with van der Waals surface area (Å²) in [4.78, 5) is 21.5. The van der Waals surface area contributed by atoms with Crippen molar-refractivity contribution in [1.82, 2.24) is 9.97 Å². The lowest BCUT2D eigenvalue weighted by atomic mass is 10.1. The van der Waals surface area contributed by atoms with Crippen LogP contribution in [0, 0.1) is 0 Å². The van der Waals surface area contributed by atoms with Gasteiger partial charge < -0.3 is 10.4 Å². The van der Waals surface area contributed by atoms with E-state index < -0.39 is 5.97 Å². The van der Waals surface area contributed by atoms with Crippen LogP contribution >= 0.6 is 23.4 Å². The molecule has 5 nitrogen and oxygen atoms in total. The fraction of sp³-hybridized carbons (Fsp3) is 0.190. The molecule has 3 aromatic rings. The maximum Gasteiger partial charge on any atom is 0.307 e. The van der Waals surface area contributed by atoms with E-state index in [1.807, 2.05) is 48.5 Å². The minimum atomic E-state index is -0.838. The van der Waals surface area contributed by atoms with Gasteiger partial charge in [0.05, 0.1) is 17.0 Å². The number of carbonyl (C=O) groups is 1. The molecule has 28 heavy (non-hydrogen) atoms. The molecule has 0 saturated carbocycles. The molecule has 0 atom stereocenters. The molecule has 0 unspecified atom stereocenters. The number of hydrogen-bond donors (Lipinski definition) is 2. The second-order valence-electron chi connectivity index (χ2n) is 6.52. The first kappa shape index (κ1) is 18.8. The predicted octanol–water partition coefficient (Wildman–Crippen LogP) is 5.21. The Kier molecular flexibility index (Phi) is 5.50. The molecule has 2 aromatic carbocycles. The van der Waals surface area contributed by atoms with Crippen molar-refractivity contribution in [3.8, 4) is 11.4 Å². The van der Waals surface area contributed by atoms with Crippen LogP contribution in [-0.2, 0) is 17.6 Å². The predicted molar refractivity (Wildman–Crippen MR) is 113 cm³/mol. The van der Waals surface area contributed by atoms with Crippen LogP contribution in [0.1, 0.15) is 17.7 Å². The molecule has 0 radical (unpaired) electrons. The average molecular weight is 412 g/mol. The summed E-state index contributed by atoms with van der Waals surface area (Å²) in [7, 11) is 0. The van der Waals surface area contributed by atoms with Crippen molar-refractivity contribution in [2.24, 2.45) is 0 Å². The lowest BCUT2D eigenvalue weighted by Gasteiger charge is -2.19. The zero-order chi connectivity index (χ0) is 19.5. The second-order valence-corrected chi connectivity index (χ2v) is 8.06. The van der Waals surface area contributed by atoms with Gasteiger partial charge in [-0.25, -0.2) is 9.97 Å². The van der Waals surface area contributed by atoms with E-state index in [4.69, 9.17) is 26.7 Å². The Balaban J connectivity index is 1.68. The Morgan fingerprint density at radius 1 is 1.11 bits per heavy atom. The van der Waals surface area contributed by atoms with Crippen molar-refractivity contribution in [2.45, 2.75) is 24.2 Å². The van der Waals surface area contributed by atoms with Crippen molar-refractivity contribution in [3.63, 3.8) is 0 Å². The number of aliphatic carboxylic acids is 1. The van der Waals surface area contributed by atoms with E-state index in [-0.39, 0.29) is 6.42 Å². The maximum atomic E-state index is 10.9. The molecule has 0 bridgehead atoms. The number of aromatic nitrogens is 2. The Bertz CT molecular complexity index is 1010. The number of hydrogen-bond acceptors (Lipinski definition) is 5. The Morgan fingerprint density at radius 3 is 2.57 bits per heavy atom. The highest BCUT2D eigenvalue weighted by molar-refractivity contribution is 7.99. The number of anilines is 2. The zero-order valence-electron chi connectivity index (χ0n) is 15.0. The summed E-state index contributed by atoms with van der Waals surface area (Å²) in [5.74, 6) is 1.66. The van der Waals surface area contributed by atoms with Crippen molar-refractivity contribution >= 4 is 40.8 Å². The van der Waals surface area contributed by atoms with E-state index in [2.05, 4.69) is 5.32 Å². The third-order valence-electron chi connectivity index (χ3n) is 4.41. The fourth-order valence-electron chi connectivity index (χ4n) is 3.06. The van der Waals surface area contributed by atoms with Crippen molar-refractivity contribution in [3.05, 3.63) is 64.8 Å². The van der Waals surface area contributed by atoms with E-state index in [0.717, 1.165) is 51.8 Å². The van der Waals surface area contributed by atoms with E-state index >= 15 is 0 Å². The normalized spacial score (nSPS) is 13.0. The Morgan fingerprint density at radius 2 is 1.86 bits per heavy atom. The number of fused-ring (bicyclic) bond motifs is 1. The summed E-state index contributed by atoms with van der Waals surface area (Å²) >= 11 is 7.77. The molecule has 0 amide bonds. The third-order valence-corrected chi connectivity index (χ3v) is 5.88. The first-order valence-electron chi connectivity index (χ1n) is 8.96. The van der Waals surface area contributed by atoms with Crippen LogP contribution in [0.3, 0.4) is 0 Å². The van der Waals surface area contributed by atoms with Crippen LogP contribution in [0.2, 0.25) is 5.02 Å². The molecule has 0 aliphatic carbocycles. The van der Waals surface area contributed by atoms with Crippen molar-refractivity contribution in [1.29, 1.82) is 0 Å². The minimum Gasteiger partial charge on any atom is -0.481 e. The number of halogens is 1. The van der Waals surface area contributed by atoms with Crippen molar-refractivity contribution < 1.29 is 9.90 Å². The molecule has 7 heteroatoms. The summed E-state index contributed by atoms with van der Waals surface area (Å²) in [5.41, 5.74) is 3.60. The van der Waals surface area contributed by atoms with Gasteiger partial charge >= 0.3 is 5.97 Å². The van der Waals surface area contributed by atoms with Gasteiger partial charge in [0.15, 0.2) is 5.82 Å². The molecule has 1 aromatic heterocycles. The number of thioether (sulfide) groups is 1. The maximum absolute atomic E-state index is 10.9. The van der Waals surface area contributed by atoms with Gasteiger partial charge in [0.1, 0.15) is 5.82 Å². The topological polar surface area (TPSA) is 75.1 Å². The lowest BCUT2D eigenvalue weighted by Crippen LogP contribution is -2.09. The molecule has 2 heterocycles. The van der Waals surface area contributed by atoms with E-state index in [9.17, 15) is 4.79 Å². The molecule has 0 saturated heterocycles. The number of nitrogens with one attached hydrogen (secondary N) is 1. The van der Waals surface area contributed by atoms with Gasteiger partial charge in [-0.1, -0.05) is 23.7 Å². The van der Waals surface area contributed by atoms with Gasteiger partial charge in [-0.15, -0.1) is 11.8 Å². The lowest BCUT2D eigenvalue weighted by molar-refractivity contribution is -0.136.